The topological polar surface area (TPSA) is 84.2 Å². The Morgan fingerprint density at radius 2 is 1.88 bits per heavy atom. The van der Waals surface area contributed by atoms with E-state index in [1.54, 1.807) is 17.4 Å². The monoisotopic (exact) mass is 467 g/mol. The predicted molar refractivity (Wildman–Crippen MR) is 132 cm³/mol. The number of fused-ring (bicyclic) bond motifs is 1. The SMILES string of the molecule is CCC(CC)n1c(Cc2cccs2)nc2cc(C(=O)NC3(C(=O)O)CCCCCC3)ccc21. The van der Waals surface area contributed by atoms with E-state index in [-0.39, 0.29) is 5.91 Å². The van der Waals surface area contributed by atoms with Gasteiger partial charge in [-0.2, -0.15) is 0 Å². The molecule has 4 rings (SSSR count). The molecular weight excluding hydrogens is 434 g/mol. The summed E-state index contributed by atoms with van der Waals surface area (Å²) in [6.45, 7) is 4.38. The number of amides is 1. The number of hydrogen-bond donors (Lipinski definition) is 2. The smallest absolute Gasteiger partial charge is 0.329 e. The largest absolute Gasteiger partial charge is 0.480 e. The highest BCUT2D eigenvalue weighted by Crippen LogP contribution is 2.30. The number of carbonyl (C=O) groups is 2. The molecule has 0 spiro atoms. The normalized spacial score (nSPS) is 16.1. The van der Waals surface area contributed by atoms with E-state index in [4.69, 9.17) is 4.98 Å². The van der Waals surface area contributed by atoms with Gasteiger partial charge in [0.1, 0.15) is 11.4 Å². The standard InChI is InChI=1S/C26H33N3O3S/c1-3-19(4-2)29-22-12-11-18(16-21(22)27-23(29)17-20-10-9-15-33-20)24(30)28-26(25(31)32)13-7-5-6-8-14-26/h9-12,15-16,19H,3-8,13-14,17H2,1-2H3,(H,28,30)(H,31,32). The second-order valence-electron chi connectivity index (χ2n) is 9.08. The molecule has 1 aliphatic carbocycles. The van der Waals surface area contributed by atoms with Crippen LogP contribution in [0.1, 0.15) is 92.3 Å². The number of aromatic nitrogens is 2. The zero-order valence-corrected chi connectivity index (χ0v) is 20.3. The van der Waals surface area contributed by atoms with Crippen LogP contribution in [0.4, 0.5) is 0 Å². The molecule has 176 valence electrons. The summed E-state index contributed by atoms with van der Waals surface area (Å²) in [7, 11) is 0. The highest BCUT2D eigenvalue weighted by Gasteiger charge is 2.40. The molecule has 0 radical (unpaired) electrons. The number of nitrogens with one attached hydrogen (secondary N) is 1. The quantitative estimate of drug-likeness (QED) is 0.401. The summed E-state index contributed by atoms with van der Waals surface area (Å²) >= 11 is 1.72. The minimum atomic E-state index is -1.18. The Morgan fingerprint density at radius 1 is 1.15 bits per heavy atom. The van der Waals surface area contributed by atoms with Crippen molar-refractivity contribution in [2.45, 2.75) is 83.2 Å². The fourth-order valence-corrected chi connectivity index (χ4v) is 5.76. The van der Waals surface area contributed by atoms with E-state index in [1.807, 2.05) is 12.1 Å². The third-order valence-corrected chi connectivity index (χ3v) is 7.84. The number of carbonyl (C=O) groups excluding carboxylic acids is 1. The molecule has 1 aromatic carbocycles. The second kappa shape index (κ2) is 10.1. The highest BCUT2D eigenvalue weighted by molar-refractivity contribution is 7.09. The molecule has 0 unspecified atom stereocenters. The van der Waals surface area contributed by atoms with Gasteiger partial charge < -0.3 is 15.0 Å². The van der Waals surface area contributed by atoms with Gasteiger partial charge in [-0.15, -0.1) is 11.3 Å². The maximum absolute atomic E-state index is 13.2. The first kappa shape index (κ1) is 23.5. The Balaban J connectivity index is 1.68. The summed E-state index contributed by atoms with van der Waals surface area (Å²) in [5.41, 5.74) is 1.09. The van der Waals surface area contributed by atoms with Crippen molar-refractivity contribution in [2.24, 2.45) is 0 Å². The number of carboxylic acids is 1. The number of carboxylic acid groups (broad SMARTS) is 1. The predicted octanol–water partition coefficient (Wildman–Crippen LogP) is 5.96. The van der Waals surface area contributed by atoms with Crippen LogP contribution in [-0.2, 0) is 11.2 Å². The number of nitrogens with zero attached hydrogens (tertiary/aromatic N) is 2. The van der Waals surface area contributed by atoms with E-state index in [2.05, 4.69) is 41.2 Å². The zero-order valence-electron chi connectivity index (χ0n) is 19.5. The molecule has 1 amide bonds. The van der Waals surface area contributed by atoms with Crippen LogP contribution in [0.2, 0.25) is 0 Å². The average molecular weight is 468 g/mol. The molecule has 2 N–H and O–H groups in total. The van der Waals surface area contributed by atoms with E-state index in [9.17, 15) is 14.7 Å². The molecule has 0 bridgehead atoms. The Labute approximate surface area is 199 Å². The van der Waals surface area contributed by atoms with Gasteiger partial charge in [0.2, 0.25) is 0 Å². The molecule has 0 saturated heterocycles. The van der Waals surface area contributed by atoms with Crippen LogP contribution in [-0.4, -0.2) is 32.1 Å². The van der Waals surface area contributed by atoms with Crippen molar-refractivity contribution in [3.63, 3.8) is 0 Å². The lowest BCUT2D eigenvalue weighted by Gasteiger charge is -2.29. The van der Waals surface area contributed by atoms with Crippen molar-refractivity contribution >= 4 is 34.2 Å². The second-order valence-corrected chi connectivity index (χ2v) is 10.1. The van der Waals surface area contributed by atoms with Gasteiger partial charge in [-0.05, 0) is 55.3 Å². The molecule has 0 atom stereocenters. The summed E-state index contributed by atoms with van der Waals surface area (Å²) < 4.78 is 2.32. The molecule has 3 aromatic rings. The van der Waals surface area contributed by atoms with Crippen molar-refractivity contribution in [2.75, 3.05) is 0 Å². The van der Waals surface area contributed by atoms with Gasteiger partial charge in [0.25, 0.3) is 5.91 Å². The van der Waals surface area contributed by atoms with Gasteiger partial charge in [-0.1, -0.05) is 45.6 Å². The minimum Gasteiger partial charge on any atom is -0.480 e. The van der Waals surface area contributed by atoms with Gasteiger partial charge >= 0.3 is 5.97 Å². The van der Waals surface area contributed by atoms with Gasteiger partial charge in [-0.25, -0.2) is 9.78 Å². The lowest BCUT2D eigenvalue weighted by molar-refractivity contribution is -0.145. The average Bonchev–Trinajstić information content (AvgIpc) is 3.37. The molecule has 0 aliphatic heterocycles. The molecule has 2 heterocycles. The van der Waals surface area contributed by atoms with E-state index >= 15 is 0 Å². The molecule has 6 nitrogen and oxygen atoms in total. The Morgan fingerprint density at radius 3 is 2.48 bits per heavy atom. The molecule has 1 fully saturated rings. The fraction of sp³-hybridized carbons (Fsp3) is 0.500. The zero-order chi connectivity index (χ0) is 23.4. The number of thiophene rings is 1. The third-order valence-electron chi connectivity index (χ3n) is 6.96. The molecule has 7 heteroatoms. The number of rotatable bonds is 8. The molecule has 1 aliphatic rings. The van der Waals surface area contributed by atoms with Crippen LogP contribution in [0.25, 0.3) is 11.0 Å². The summed E-state index contributed by atoms with van der Waals surface area (Å²) in [5, 5.41) is 14.9. The summed E-state index contributed by atoms with van der Waals surface area (Å²) in [6.07, 6.45) is 7.37. The fourth-order valence-electron chi connectivity index (χ4n) is 5.06. The van der Waals surface area contributed by atoms with Crippen LogP contribution in [0, 0.1) is 0 Å². The van der Waals surface area contributed by atoms with Crippen LogP contribution >= 0.6 is 11.3 Å². The van der Waals surface area contributed by atoms with Crippen LogP contribution in [0.3, 0.4) is 0 Å². The molecule has 33 heavy (non-hydrogen) atoms. The number of benzene rings is 1. The number of hydrogen-bond acceptors (Lipinski definition) is 4. The van der Waals surface area contributed by atoms with E-state index < -0.39 is 11.5 Å². The number of aliphatic carboxylic acids is 1. The Bertz CT molecular complexity index is 1110. The summed E-state index contributed by atoms with van der Waals surface area (Å²) in [5.74, 6) is -0.266. The molecule has 2 aromatic heterocycles. The number of imidazole rings is 1. The van der Waals surface area contributed by atoms with E-state index in [0.29, 0.717) is 24.4 Å². The Hall–Kier alpha value is -2.67. The van der Waals surface area contributed by atoms with Crippen molar-refractivity contribution in [1.82, 2.24) is 14.9 Å². The highest BCUT2D eigenvalue weighted by atomic mass is 32.1. The van der Waals surface area contributed by atoms with Crippen LogP contribution < -0.4 is 5.32 Å². The van der Waals surface area contributed by atoms with E-state index in [1.165, 1.54) is 4.88 Å². The van der Waals surface area contributed by atoms with Gasteiger partial charge in [-0.3, -0.25) is 4.79 Å². The van der Waals surface area contributed by atoms with Gasteiger partial charge in [0.05, 0.1) is 11.0 Å². The van der Waals surface area contributed by atoms with Crippen molar-refractivity contribution in [1.29, 1.82) is 0 Å². The minimum absolute atomic E-state index is 0.335. The van der Waals surface area contributed by atoms with Crippen molar-refractivity contribution in [3.8, 4) is 0 Å². The lowest BCUT2D eigenvalue weighted by atomic mass is 9.90. The first-order valence-corrected chi connectivity index (χ1v) is 12.9. The van der Waals surface area contributed by atoms with E-state index in [0.717, 1.165) is 61.8 Å². The lowest BCUT2D eigenvalue weighted by Crippen LogP contribution is -2.54. The first-order valence-electron chi connectivity index (χ1n) is 12.1. The van der Waals surface area contributed by atoms with Gasteiger partial charge in [0.15, 0.2) is 0 Å². The summed E-state index contributed by atoms with van der Waals surface area (Å²) in [6, 6.07) is 10.1. The molecule has 1 saturated carbocycles. The van der Waals surface area contributed by atoms with Crippen molar-refractivity contribution < 1.29 is 14.7 Å². The van der Waals surface area contributed by atoms with Crippen molar-refractivity contribution in [3.05, 3.63) is 52.0 Å². The van der Waals surface area contributed by atoms with Gasteiger partial charge in [0, 0.05) is 22.9 Å². The first-order chi connectivity index (χ1) is 16.0. The maximum Gasteiger partial charge on any atom is 0.329 e. The maximum atomic E-state index is 13.2. The van der Waals surface area contributed by atoms with Crippen LogP contribution in [0.15, 0.2) is 35.7 Å². The molecular formula is C26H33N3O3S. The van der Waals surface area contributed by atoms with Crippen LogP contribution in [0.5, 0.6) is 0 Å². The Kier molecular flexibility index (Phi) is 7.17. The summed E-state index contributed by atoms with van der Waals surface area (Å²) in [4.78, 5) is 31.5. The third kappa shape index (κ3) is 4.83.